The molecule has 2 aromatic rings. The number of hydrogen-bond acceptors (Lipinski definition) is 2. The maximum absolute atomic E-state index is 12.4. The van der Waals surface area contributed by atoms with E-state index in [4.69, 9.17) is 27.9 Å². The van der Waals surface area contributed by atoms with Crippen LogP contribution >= 0.6 is 23.2 Å². The van der Waals surface area contributed by atoms with Gasteiger partial charge >= 0.3 is 0 Å². The number of hydrogen-bond donors (Lipinski definition) is 1. The Kier molecular flexibility index (Phi) is 5.91. The summed E-state index contributed by atoms with van der Waals surface area (Å²) in [7, 11) is 0. The van der Waals surface area contributed by atoms with Gasteiger partial charge in [0, 0.05) is 5.02 Å². The minimum Gasteiger partial charge on any atom is -0.481 e. The third kappa shape index (κ3) is 4.63. The van der Waals surface area contributed by atoms with E-state index in [1.165, 1.54) is 5.56 Å². The second-order valence-corrected chi connectivity index (χ2v) is 6.22. The summed E-state index contributed by atoms with van der Waals surface area (Å²) in [5.74, 6) is 0.419. The standard InChI is InChI=1S/C18H19Cl2NO2/c1-4-17(23-14-7-5-11(2)12(3)9-14)18(22)21-16-10-13(19)6-8-15(16)20/h5-10,17H,4H2,1-3H3,(H,21,22). The van der Waals surface area contributed by atoms with Crippen LogP contribution in [0.1, 0.15) is 24.5 Å². The van der Waals surface area contributed by atoms with E-state index < -0.39 is 6.10 Å². The molecule has 1 unspecified atom stereocenters. The van der Waals surface area contributed by atoms with Crippen LogP contribution in [0.4, 0.5) is 5.69 Å². The molecule has 1 amide bonds. The summed E-state index contributed by atoms with van der Waals surface area (Å²) >= 11 is 12.0. The van der Waals surface area contributed by atoms with Crippen LogP contribution < -0.4 is 10.1 Å². The van der Waals surface area contributed by atoms with E-state index in [9.17, 15) is 4.79 Å². The van der Waals surface area contributed by atoms with E-state index >= 15 is 0 Å². The van der Waals surface area contributed by atoms with Gasteiger partial charge in [-0.25, -0.2) is 0 Å². The number of carbonyl (C=O) groups excluding carboxylic acids is 1. The zero-order chi connectivity index (χ0) is 17.0. The van der Waals surface area contributed by atoms with E-state index in [1.54, 1.807) is 18.2 Å². The van der Waals surface area contributed by atoms with Crippen LogP contribution in [0, 0.1) is 13.8 Å². The second kappa shape index (κ2) is 7.71. The molecule has 0 heterocycles. The highest BCUT2D eigenvalue weighted by atomic mass is 35.5. The number of benzene rings is 2. The number of aryl methyl sites for hydroxylation is 2. The zero-order valence-electron chi connectivity index (χ0n) is 13.3. The predicted molar refractivity (Wildman–Crippen MR) is 95.7 cm³/mol. The smallest absolute Gasteiger partial charge is 0.265 e. The Labute approximate surface area is 146 Å². The predicted octanol–water partition coefficient (Wildman–Crippen LogP) is 5.41. The minimum atomic E-state index is -0.604. The van der Waals surface area contributed by atoms with Gasteiger partial charge in [0.15, 0.2) is 6.10 Å². The van der Waals surface area contributed by atoms with Crippen molar-refractivity contribution in [3.63, 3.8) is 0 Å². The van der Waals surface area contributed by atoms with E-state index in [0.717, 1.165) is 5.56 Å². The summed E-state index contributed by atoms with van der Waals surface area (Å²) in [6.07, 6.45) is -0.0659. The van der Waals surface area contributed by atoms with Crippen LogP contribution in [0.2, 0.25) is 10.0 Å². The highest BCUT2D eigenvalue weighted by Gasteiger charge is 2.19. The first kappa shape index (κ1) is 17.6. The SMILES string of the molecule is CCC(Oc1ccc(C)c(C)c1)C(=O)Nc1cc(Cl)ccc1Cl. The lowest BCUT2D eigenvalue weighted by Crippen LogP contribution is -2.32. The monoisotopic (exact) mass is 351 g/mol. The molecule has 0 fully saturated rings. The van der Waals surface area contributed by atoms with Crippen LogP contribution in [0.3, 0.4) is 0 Å². The Hall–Kier alpha value is -1.71. The van der Waals surface area contributed by atoms with Gasteiger partial charge in [-0.15, -0.1) is 0 Å². The molecule has 0 bridgehead atoms. The fraction of sp³-hybridized carbons (Fsp3) is 0.278. The van der Waals surface area contributed by atoms with E-state index in [-0.39, 0.29) is 5.91 Å². The van der Waals surface area contributed by atoms with Crippen LogP contribution in [-0.2, 0) is 4.79 Å². The topological polar surface area (TPSA) is 38.3 Å². The van der Waals surface area contributed by atoms with Crippen LogP contribution in [-0.4, -0.2) is 12.0 Å². The van der Waals surface area contributed by atoms with E-state index in [1.807, 2.05) is 39.0 Å². The van der Waals surface area contributed by atoms with Crippen LogP contribution in [0.5, 0.6) is 5.75 Å². The Morgan fingerprint density at radius 1 is 1.13 bits per heavy atom. The molecule has 1 atom stereocenters. The lowest BCUT2D eigenvalue weighted by molar-refractivity contribution is -0.122. The quantitative estimate of drug-likeness (QED) is 0.782. The zero-order valence-corrected chi connectivity index (χ0v) is 14.8. The van der Waals surface area contributed by atoms with Crippen molar-refractivity contribution in [2.75, 3.05) is 5.32 Å². The third-order valence-corrected chi connectivity index (χ3v) is 4.17. The van der Waals surface area contributed by atoms with Crippen molar-refractivity contribution < 1.29 is 9.53 Å². The lowest BCUT2D eigenvalue weighted by atomic mass is 10.1. The van der Waals surface area contributed by atoms with Gasteiger partial charge in [-0.2, -0.15) is 0 Å². The molecule has 122 valence electrons. The lowest BCUT2D eigenvalue weighted by Gasteiger charge is -2.18. The number of carbonyl (C=O) groups is 1. The number of amides is 1. The average Bonchev–Trinajstić information content (AvgIpc) is 2.51. The number of rotatable bonds is 5. The van der Waals surface area contributed by atoms with Gasteiger partial charge in [0.1, 0.15) is 5.75 Å². The molecule has 0 saturated heterocycles. The van der Waals surface area contributed by atoms with Crippen molar-refractivity contribution in [2.24, 2.45) is 0 Å². The summed E-state index contributed by atoms with van der Waals surface area (Å²) in [4.78, 5) is 12.4. The summed E-state index contributed by atoms with van der Waals surface area (Å²) in [6, 6.07) is 10.7. The molecule has 0 spiro atoms. The molecule has 0 saturated carbocycles. The van der Waals surface area contributed by atoms with Crippen molar-refractivity contribution in [3.8, 4) is 5.75 Å². The molecule has 23 heavy (non-hydrogen) atoms. The van der Waals surface area contributed by atoms with Gasteiger partial charge in [0.05, 0.1) is 10.7 Å². The Balaban J connectivity index is 2.11. The fourth-order valence-corrected chi connectivity index (χ4v) is 2.42. The number of anilines is 1. The van der Waals surface area contributed by atoms with Gasteiger partial charge < -0.3 is 10.1 Å². The van der Waals surface area contributed by atoms with Crippen molar-refractivity contribution in [3.05, 3.63) is 57.6 Å². The Bertz CT molecular complexity index is 716. The first-order chi connectivity index (χ1) is 10.9. The summed E-state index contributed by atoms with van der Waals surface area (Å²) in [5, 5.41) is 3.71. The van der Waals surface area contributed by atoms with E-state index in [2.05, 4.69) is 5.32 Å². The van der Waals surface area contributed by atoms with Gasteiger partial charge in [-0.05, 0) is 61.7 Å². The highest BCUT2D eigenvalue weighted by Crippen LogP contribution is 2.26. The van der Waals surface area contributed by atoms with Crippen molar-refractivity contribution in [1.82, 2.24) is 0 Å². The average molecular weight is 352 g/mol. The Morgan fingerprint density at radius 2 is 1.87 bits per heavy atom. The summed E-state index contributed by atoms with van der Waals surface area (Å²) in [5.41, 5.74) is 2.78. The molecule has 0 aliphatic heterocycles. The largest absolute Gasteiger partial charge is 0.481 e. The van der Waals surface area contributed by atoms with Gasteiger partial charge in [0.25, 0.3) is 5.91 Å². The van der Waals surface area contributed by atoms with Gasteiger partial charge in [0.2, 0.25) is 0 Å². The van der Waals surface area contributed by atoms with Crippen molar-refractivity contribution in [2.45, 2.75) is 33.3 Å². The first-order valence-electron chi connectivity index (χ1n) is 7.40. The molecule has 0 aromatic heterocycles. The van der Waals surface area contributed by atoms with Crippen molar-refractivity contribution >= 4 is 34.8 Å². The van der Waals surface area contributed by atoms with Gasteiger partial charge in [-0.1, -0.05) is 36.2 Å². The van der Waals surface area contributed by atoms with E-state index in [0.29, 0.717) is 27.9 Å². The summed E-state index contributed by atoms with van der Waals surface area (Å²) < 4.78 is 5.82. The van der Waals surface area contributed by atoms with Crippen molar-refractivity contribution in [1.29, 1.82) is 0 Å². The first-order valence-corrected chi connectivity index (χ1v) is 8.16. The molecule has 1 N–H and O–H groups in total. The highest BCUT2D eigenvalue weighted by molar-refractivity contribution is 6.35. The molecule has 0 radical (unpaired) electrons. The second-order valence-electron chi connectivity index (χ2n) is 5.37. The maximum Gasteiger partial charge on any atom is 0.265 e. The fourth-order valence-electron chi connectivity index (χ4n) is 2.08. The molecule has 2 rings (SSSR count). The van der Waals surface area contributed by atoms with Crippen LogP contribution in [0.15, 0.2) is 36.4 Å². The third-order valence-electron chi connectivity index (χ3n) is 3.61. The Morgan fingerprint density at radius 3 is 2.52 bits per heavy atom. The van der Waals surface area contributed by atoms with Crippen LogP contribution in [0.25, 0.3) is 0 Å². The molecule has 0 aliphatic rings. The molecule has 5 heteroatoms. The minimum absolute atomic E-state index is 0.255. The number of ether oxygens (including phenoxy) is 1. The number of halogens is 2. The molecule has 2 aromatic carbocycles. The molecule has 3 nitrogen and oxygen atoms in total. The summed E-state index contributed by atoms with van der Waals surface area (Å²) in [6.45, 7) is 5.93. The maximum atomic E-state index is 12.4. The molecular weight excluding hydrogens is 333 g/mol. The molecular formula is C18H19Cl2NO2. The number of nitrogens with one attached hydrogen (secondary N) is 1. The molecule has 0 aliphatic carbocycles. The normalized spacial score (nSPS) is 11.9. The van der Waals surface area contributed by atoms with Gasteiger partial charge in [-0.3, -0.25) is 4.79 Å².